The molecule has 28 heavy (non-hydrogen) atoms. The molecule has 0 radical (unpaired) electrons. The lowest BCUT2D eigenvalue weighted by Gasteiger charge is -2.21. The molecule has 3 rings (SSSR count). The van der Waals surface area contributed by atoms with Crippen LogP contribution in [-0.2, 0) is 4.79 Å². The van der Waals surface area contributed by atoms with Crippen molar-refractivity contribution in [1.29, 1.82) is 0 Å². The lowest BCUT2D eigenvalue weighted by Crippen LogP contribution is -2.23. The lowest BCUT2D eigenvalue weighted by molar-refractivity contribution is -0.115. The highest BCUT2D eigenvalue weighted by molar-refractivity contribution is 7.14. The van der Waals surface area contributed by atoms with E-state index in [1.807, 2.05) is 32.0 Å². The molecule has 0 aliphatic heterocycles. The van der Waals surface area contributed by atoms with Crippen LogP contribution in [0.3, 0.4) is 0 Å². The van der Waals surface area contributed by atoms with Crippen LogP contribution in [-0.4, -0.2) is 27.1 Å². The zero-order chi connectivity index (χ0) is 20.3. The van der Waals surface area contributed by atoms with Crippen molar-refractivity contribution < 1.29 is 4.79 Å². The summed E-state index contributed by atoms with van der Waals surface area (Å²) in [6.07, 6.45) is 1.50. The molecular weight excluding hydrogens is 376 g/mol. The molecule has 0 fully saturated rings. The van der Waals surface area contributed by atoms with E-state index in [0.29, 0.717) is 16.5 Å². The minimum Gasteiger partial charge on any atom is -0.291 e. The molecule has 1 amide bonds. The van der Waals surface area contributed by atoms with Gasteiger partial charge in [-0.05, 0) is 38.0 Å². The van der Waals surface area contributed by atoms with Crippen LogP contribution in [0, 0.1) is 20.8 Å². The number of amides is 1. The van der Waals surface area contributed by atoms with Crippen molar-refractivity contribution in [2.45, 2.75) is 27.7 Å². The molecule has 0 aliphatic carbocycles. The van der Waals surface area contributed by atoms with Crippen molar-refractivity contribution in [2.24, 2.45) is 5.10 Å². The number of carbonyl (C=O) groups is 1. The molecule has 0 unspecified atom stereocenters. The van der Waals surface area contributed by atoms with E-state index in [0.717, 1.165) is 16.8 Å². The van der Waals surface area contributed by atoms with E-state index < -0.39 is 0 Å². The predicted molar refractivity (Wildman–Crippen MR) is 112 cm³/mol. The number of nitrogens with one attached hydrogen (secondary N) is 2. The van der Waals surface area contributed by atoms with Gasteiger partial charge in [-0.15, -0.1) is 11.3 Å². The van der Waals surface area contributed by atoms with Crippen LogP contribution < -0.4 is 15.9 Å². The third-order valence-electron chi connectivity index (χ3n) is 4.07. The highest BCUT2D eigenvalue weighted by atomic mass is 32.1. The molecule has 3 aromatic rings. The number of benzene rings is 1. The summed E-state index contributed by atoms with van der Waals surface area (Å²) in [4.78, 5) is 36.5. The number of rotatable bonds is 5. The topological polar surface area (TPSA) is 103 Å². The Morgan fingerprint density at radius 3 is 2.79 bits per heavy atom. The van der Waals surface area contributed by atoms with Gasteiger partial charge in [0.05, 0.1) is 17.6 Å². The smallest absolute Gasteiger partial charge is 0.252 e. The first-order chi connectivity index (χ1) is 13.3. The Hall–Kier alpha value is -3.33. The Labute approximate surface area is 166 Å². The summed E-state index contributed by atoms with van der Waals surface area (Å²) in [5.41, 5.74) is 6.52. The number of aromatic nitrogens is 3. The molecule has 2 aromatic heterocycles. The van der Waals surface area contributed by atoms with Gasteiger partial charge in [0, 0.05) is 24.1 Å². The van der Waals surface area contributed by atoms with Crippen LogP contribution in [0.25, 0.3) is 0 Å². The van der Waals surface area contributed by atoms with E-state index in [1.165, 1.54) is 30.5 Å². The van der Waals surface area contributed by atoms with E-state index in [9.17, 15) is 9.59 Å². The third-order valence-corrected chi connectivity index (χ3v) is 4.91. The summed E-state index contributed by atoms with van der Waals surface area (Å²) >= 11 is 1.35. The molecule has 144 valence electrons. The van der Waals surface area contributed by atoms with Gasteiger partial charge in [0.25, 0.3) is 5.56 Å². The SMILES string of the molecule is CC(=O)N(c1nc(/C=N\Nc2nc(C)cc(=O)[nH]2)cs1)c1cccc(C)c1C. The fraction of sp³-hybridized carbons (Fsp3) is 0.211. The molecule has 0 saturated heterocycles. The first-order valence-electron chi connectivity index (χ1n) is 8.54. The quantitative estimate of drug-likeness (QED) is 0.509. The number of aromatic amines is 1. The van der Waals surface area contributed by atoms with Gasteiger partial charge in [0.2, 0.25) is 11.9 Å². The number of hydrazone groups is 1. The second-order valence-corrected chi connectivity index (χ2v) is 7.07. The second-order valence-electron chi connectivity index (χ2n) is 6.23. The van der Waals surface area contributed by atoms with Crippen LogP contribution in [0.4, 0.5) is 16.8 Å². The predicted octanol–water partition coefficient (Wildman–Crippen LogP) is 3.28. The monoisotopic (exact) mass is 396 g/mol. The maximum atomic E-state index is 12.3. The largest absolute Gasteiger partial charge is 0.291 e. The van der Waals surface area contributed by atoms with E-state index in [4.69, 9.17) is 0 Å². The van der Waals surface area contributed by atoms with Crippen LogP contribution in [0.1, 0.15) is 29.4 Å². The highest BCUT2D eigenvalue weighted by Gasteiger charge is 2.19. The molecule has 0 atom stereocenters. The molecule has 0 spiro atoms. The van der Waals surface area contributed by atoms with Crippen LogP contribution in [0.15, 0.2) is 39.5 Å². The van der Waals surface area contributed by atoms with Crippen molar-refractivity contribution in [3.8, 4) is 0 Å². The van der Waals surface area contributed by atoms with E-state index in [2.05, 4.69) is 25.5 Å². The number of aryl methyl sites for hydroxylation is 2. The molecule has 0 bridgehead atoms. The van der Waals surface area contributed by atoms with E-state index in [-0.39, 0.29) is 17.4 Å². The van der Waals surface area contributed by atoms with Gasteiger partial charge >= 0.3 is 0 Å². The Kier molecular flexibility index (Phi) is 5.65. The minimum atomic E-state index is -0.258. The van der Waals surface area contributed by atoms with Gasteiger partial charge in [-0.2, -0.15) is 5.10 Å². The van der Waals surface area contributed by atoms with Gasteiger partial charge in [-0.3, -0.25) is 19.5 Å². The second kappa shape index (κ2) is 8.13. The van der Waals surface area contributed by atoms with Crippen molar-refractivity contribution in [3.63, 3.8) is 0 Å². The summed E-state index contributed by atoms with van der Waals surface area (Å²) < 4.78 is 0. The lowest BCUT2D eigenvalue weighted by atomic mass is 10.1. The first kappa shape index (κ1) is 19.4. The molecule has 0 aliphatic rings. The van der Waals surface area contributed by atoms with Crippen molar-refractivity contribution >= 4 is 40.2 Å². The van der Waals surface area contributed by atoms with Crippen LogP contribution >= 0.6 is 11.3 Å². The van der Waals surface area contributed by atoms with Gasteiger partial charge in [0.1, 0.15) is 0 Å². The van der Waals surface area contributed by atoms with Gasteiger partial charge in [-0.25, -0.2) is 15.4 Å². The summed E-state index contributed by atoms with van der Waals surface area (Å²) in [5.74, 6) is 0.128. The Bertz CT molecular complexity index is 1100. The molecule has 2 N–H and O–H groups in total. The summed E-state index contributed by atoms with van der Waals surface area (Å²) in [6.45, 7) is 7.22. The fourth-order valence-corrected chi connectivity index (χ4v) is 3.45. The van der Waals surface area contributed by atoms with Crippen molar-refractivity contribution in [3.05, 3.63) is 62.5 Å². The Morgan fingerprint density at radius 2 is 2.07 bits per heavy atom. The number of hydrogen-bond acceptors (Lipinski definition) is 7. The number of hydrogen-bond donors (Lipinski definition) is 2. The summed E-state index contributed by atoms with van der Waals surface area (Å²) in [6, 6.07) is 7.22. The minimum absolute atomic E-state index is 0.119. The molecule has 2 heterocycles. The molecule has 9 heteroatoms. The number of carbonyl (C=O) groups excluding carboxylic acids is 1. The standard InChI is InChI=1S/C19H20N6O2S/c1-11-6-5-7-16(13(11)3)25(14(4)26)19-22-15(10-28-19)9-20-24-18-21-12(2)8-17(27)23-18/h5-10H,1-4H3,(H2,21,23,24,27)/b20-9-. The van der Waals surface area contributed by atoms with Gasteiger partial charge < -0.3 is 0 Å². The normalized spacial score (nSPS) is 11.0. The molecule has 1 aromatic carbocycles. The zero-order valence-corrected chi connectivity index (χ0v) is 16.8. The van der Waals surface area contributed by atoms with Gasteiger partial charge in [-0.1, -0.05) is 12.1 Å². The number of H-pyrrole nitrogens is 1. The third kappa shape index (κ3) is 4.32. The van der Waals surface area contributed by atoms with Crippen molar-refractivity contribution in [1.82, 2.24) is 15.0 Å². The number of anilines is 3. The fourth-order valence-electron chi connectivity index (χ4n) is 2.62. The maximum Gasteiger partial charge on any atom is 0.252 e. The van der Waals surface area contributed by atoms with Crippen LogP contribution in [0.5, 0.6) is 0 Å². The summed E-state index contributed by atoms with van der Waals surface area (Å²) in [5, 5.41) is 6.41. The van der Waals surface area contributed by atoms with Crippen molar-refractivity contribution in [2.75, 3.05) is 10.3 Å². The number of thiazole rings is 1. The summed E-state index contributed by atoms with van der Waals surface area (Å²) in [7, 11) is 0. The van der Waals surface area contributed by atoms with Crippen LogP contribution in [0.2, 0.25) is 0 Å². The molecular formula is C19H20N6O2S. The molecule has 8 nitrogen and oxygen atoms in total. The Morgan fingerprint density at radius 1 is 1.29 bits per heavy atom. The first-order valence-corrected chi connectivity index (χ1v) is 9.42. The zero-order valence-electron chi connectivity index (χ0n) is 16.0. The van der Waals surface area contributed by atoms with E-state index >= 15 is 0 Å². The average Bonchev–Trinajstić information content (AvgIpc) is 3.06. The van der Waals surface area contributed by atoms with E-state index in [1.54, 1.807) is 17.2 Å². The number of nitrogens with zero attached hydrogens (tertiary/aromatic N) is 4. The maximum absolute atomic E-state index is 12.3. The molecule has 0 saturated carbocycles. The highest BCUT2D eigenvalue weighted by Crippen LogP contribution is 2.32. The Balaban J connectivity index is 1.82. The average molecular weight is 396 g/mol. The van der Waals surface area contributed by atoms with Gasteiger partial charge in [0.15, 0.2) is 5.13 Å².